The Balaban J connectivity index is 1.99. The molecule has 0 saturated carbocycles. The van der Waals surface area contributed by atoms with Gasteiger partial charge in [0.2, 0.25) is 11.7 Å². The summed E-state index contributed by atoms with van der Waals surface area (Å²) in [5.41, 5.74) is -0.529. The second-order valence-corrected chi connectivity index (χ2v) is 8.42. The molecule has 1 aromatic carbocycles. The lowest BCUT2D eigenvalue weighted by Gasteiger charge is -2.13. The molecule has 9 nitrogen and oxygen atoms in total. The predicted molar refractivity (Wildman–Crippen MR) is 128 cm³/mol. The minimum absolute atomic E-state index is 0.0565. The van der Waals surface area contributed by atoms with E-state index < -0.39 is 11.2 Å². The molecule has 3 heterocycles. The highest BCUT2D eigenvalue weighted by Gasteiger charge is 2.24. The van der Waals surface area contributed by atoms with Gasteiger partial charge in [-0.25, -0.2) is 13.8 Å². The van der Waals surface area contributed by atoms with E-state index >= 15 is 0 Å². The van der Waals surface area contributed by atoms with Crippen LogP contribution in [0.15, 0.2) is 44.7 Å². The first-order chi connectivity index (χ1) is 15.9. The lowest BCUT2D eigenvalue weighted by molar-refractivity contribution is 0.434. The van der Waals surface area contributed by atoms with Crippen molar-refractivity contribution in [3.05, 3.63) is 67.1 Å². The first kappa shape index (κ1) is 22.6. The third-order valence-electron chi connectivity index (χ3n) is 6.18. The van der Waals surface area contributed by atoms with Crippen molar-refractivity contribution in [1.82, 2.24) is 23.1 Å². The number of aromatic nitrogens is 5. The van der Waals surface area contributed by atoms with Crippen LogP contribution in [0, 0.1) is 0 Å². The highest BCUT2D eigenvalue weighted by Crippen LogP contribution is 2.24. The van der Waals surface area contributed by atoms with Crippen molar-refractivity contribution in [2.24, 2.45) is 14.1 Å². The Bertz CT molecular complexity index is 1490. The molecule has 0 fully saturated rings. The number of hydrogen-bond donors (Lipinski definition) is 1. The third-order valence-corrected chi connectivity index (χ3v) is 6.18. The molecule has 0 saturated heterocycles. The Morgan fingerprint density at radius 2 is 1.55 bits per heavy atom. The lowest BCUT2D eigenvalue weighted by Crippen LogP contribution is -2.37. The molecule has 1 N–H and O–H groups in total. The third kappa shape index (κ3) is 3.77. The first-order valence-corrected chi connectivity index (χ1v) is 11.4. The Morgan fingerprint density at radius 1 is 0.879 bits per heavy atom. The van der Waals surface area contributed by atoms with Crippen LogP contribution < -0.4 is 16.8 Å². The summed E-state index contributed by atoms with van der Waals surface area (Å²) in [4.78, 5) is 43.5. The van der Waals surface area contributed by atoms with Crippen LogP contribution in [0.1, 0.15) is 51.0 Å². The number of aryl methyl sites for hydroxylation is 1. The van der Waals surface area contributed by atoms with Crippen molar-refractivity contribution >= 4 is 16.9 Å². The van der Waals surface area contributed by atoms with E-state index in [4.69, 9.17) is 0 Å². The largest absolute Gasteiger partial charge is 0.494 e. The van der Waals surface area contributed by atoms with E-state index in [1.54, 1.807) is 24.3 Å². The van der Waals surface area contributed by atoms with Crippen molar-refractivity contribution in [1.29, 1.82) is 0 Å². The molecule has 4 aromatic rings. The van der Waals surface area contributed by atoms with Crippen LogP contribution in [-0.2, 0) is 20.5 Å². The molecule has 0 unspecified atom stereocenters. The first-order valence-electron chi connectivity index (χ1n) is 11.4. The molecule has 0 spiro atoms. The highest BCUT2D eigenvalue weighted by molar-refractivity contribution is 5.77. The zero-order valence-electron chi connectivity index (χ0n) is 19.2. The van der Waals surface area contributed by atoms with E-state index in [-0.39, 0.29) is 33.9 Å². The fourth-order valence-corrected chi connectivity index (χ4v) is 4.30. The molecule has 9 heteroatoms. The van der Waals surface area contributed by atoms with Crippen LogP contribution >= 0.6 is 0 Å². The molecule has 3 aromatic heterocycles. The van der Waals surface area contributed by atoms with Gasteiger partial charge in [0.15, 0.2) is 11.2 Å². The number of imidazole rings is 1. The van der Waals surface area contributed by atoms with Crippen LogP contribution in [0.2, 0.25) is 0 Å². The van der Waals surface area contributed by atoms with Gasteiger partial charge >= 0.3 is 5.69 Å². The molecule has 0 aliphatic carbocycles. The minimum Gasteiger partial charge on any atom is -0.494 e. The van der Waals surface area contributed by atoms with E-state index in [9.17, 15) is 19.5 Å². The van der Waals surface area contributed by atoms with Crippen molar-refractivity contribution < 1.29 is 5.11 Å². The fourth-order valence-electron chi connectivity index (χ4n) is 4.30. The molecule has 0 bridgehead atoms. The topological polar surface area (TPSA) is 104 Å². The molecule has 0 radical (unpaired) electrons. The van der Waals surface area contributed by atoms with E-state index in [1.807, 2.05) is 6.07 Å². The van der Waals surface area contributed by atoms with Crippen LogP contribution in [0.3, 0.4) is 0 Å². The highest BCUT2D eigenvalue weighted by atomic mass is 16.3. The van der Waals surface area contributed by atoms with E-state index in [2.05, 4.69) is 11.9 Å². The van der Waals surface area contributed by atoms with Crippen LogP contribution in [-0.4, -0.2) is 28.2 Å². The van der Waals surface area contributed by atoms with E-state index in [1.165, 1.54) is 34.1 Å². The summed E-state index contributed by atoms with van der Waals surface area (Å²) in [6.45, 7) is 2.16. The standard InChI is InChI=1S/C24H29N5O4/c1-4-5-6-7-8-12-15-17-20(30)28(16-13-10-9-11-14-16)23-25-19-18(29(23)21(17)31)22(32)27(3)24(33)26(19)2/h9-11,13-14,31H,4-8,12,15H2,1-3H3. The molecule has 0 amide bonds. The summed E-state index contributed by atoms with van der Waals surface area (Å²) < 4.78 is 4.92. The van der Waals surface area contributed by atoms with Crippen molar-refractivity contribution in [3.63, 3.8) is 0 Å². The summed E-state index contributed by atoms with van der Waals surface area (Å²) in [6, 6.07) is 8.98. The Hall–Kier alpha value is -3.62. The number of unbranched alkanes of at least 4 members (excludes halogenated alkanes) is 5. The molecule has 0 aliphatic rings. The number of nitrogens with zero attached hydrogens (tertiary/aromatic N) is 5. The number of para-hydroxylation sites is 1. The minimum atomic E-state index is -0.584. The van der Waals surface area contributed by atoms with E-state index in [0.29, 0.717) is 12.1 Å². The SMILES string of the molecule is CCCCCCCCc1c(O)n2c3c(=O)n(C)c(=O)n(C)c3nc2n(-c2ccccc2)c1=O. The average Bonchev–Trinajstić information content (AvgIpc) is 3.21. The van der Waals surface area contributed by atoms with Crippen LogP contribution in [0.4, 0.5) is 0 Å². The zero-order chi connectivity index (χ0) is 23.7. The van der Waals surface area contributed by atoms with Gasteiger partial charge < -0.3 is 5.11 Å². The predicted octanol–water partition coefficient (Wildman–Crippen LogP) is 2.64. The van der Waals surface area contributed by atoms with Crippen molar-refractivity contribution in [3.8, 4) is 11.6 Å². The number of hydrogen-bond acceptors (Lipinski definition) is 5. The van der Waals surface area contributed by atoms with Crippen LogP contribution in [0.5, 0.6) is 5.88 Å². The Morgan fingerprint density at radius 3 is 2.24 bits per heavy atom. The second kappa shape index (κ2) is 9.09. The van der Waals surface area contributed by atoms with Crippen molar-refractivity contribution in [2.75, 3.05) is 0 Å². The number of rotatable bonds is 8. The van der Waals surface area contributed by atoms with Gasteiger partial charge in [0.05, 0.1) is 11.3 Å². The smallest absolute Gasteiger partial charge is 0.332 e. The second-order valence-electron chi connectivity index (χ2n) is 8.42. The van der Waals surface area contributed by atoms with E-state index in [0.717, 1.165) is 36.7 Å². The molecule has 0 aliphatic heterocycles. The monoisotopic (exact) mass is 451 g/mol. The summed E-state index contributed by atoms with van der Waals surface area (Å²) in [7, 11) is 2.89. The summed E-state index contributed by atoms with van der Waals surface area (Å²) >= 11 is 0. The molecule has 174 valence electrons. The molecule has 0 atom stereocenters. The van der Waals surface area contributed by atoms with Gasteiger partial charge in [-0.1, -0.05) is 57.2 Å². The van der Waals surface area contributed by atoms with Gasteiger partial charge in [-0.2, -0.15) is 4.98 Å². The summed E-state index contributed by atoms with van der Waals surface area (Å²) in [5, 5.41) is 11.2. The summed E-state index contributed by atoms with van der Waals surface area (Å²) in [5.74, 6) is -0.210. The average molecular weight is 452 g/mol. The van der Waals surface area contributed by atoms with Gasteiger partial charge in [-0.05, 0) is 25.0 Å². The van der Waals surface area contributed by atoms with Gasteiger partial charge in [0.1, 0.15) is 0 Å². The number of benzene rings is 1. The quantitative estimate of drug-likeness (QED) is 0.415. The number of fused-ring (bicyclic) bond motifs is 3. The molecule has 33 heavy (non-hydrogen) atoms. The maximum absolute atomic E-state index is 13.5. The number of aromatic hydroxyl groups is 1. The summed E-state index contributed by atoms with van der Waals surface area (Å²) in [6.07, 6.45) is 6.63. The van der Waals surface area contributed by atoms with Gasteiger partial charge in [0, 0.05) is 14.1 Å². The maximum atomic E-state index is 13.5. The van der Waals surface area contributed by atoms with Gasteiger partial charge in [0.25, 0.3) is 11.1 Å². The molecule has 4 rings (SSSR count). The normalized spacial score (nSPS) is 11.6. The Labute approximate surface area is 190 Å². The maximum Gasteiger partial charge on any atom is 0.332 e. The zero-order valence-corrected chi connectivity index (χ0v) is 19.2. The van der Waals surface area contributed by atoms with Gasteiger partial charge in [-0.3, -0.25) is 18.7 Å². The molecular formula is C24H29N5O4. The Kier molecular flexibility index (Phi) is 6.22. The lowest BCUT2D eigenvalue weighted by atomic mass is 10.1. The van der Waals surface area contributed by atoms with Crippen LogP contribution in [0.25, 0.3) is 22.6 Å². The molecular weight excluding hydrogens is 422 g/mol. The van der Waals surface area contributed by atoms with Crippen molar-refractivity contribution in [2.45, 2.75) is 51.9 Å². The van der Waals surface area contributed by atoms with Gasteiger partial charge in [-0.15, -0.1) is 0 Å². The fraction of sp³-hybridized carbons (Fsp3) is 0.417.